The van der Waals surface area contributed by atoms with Gasteiger partial charge in [0.05, 0.1) is 40.6 Å². The van der Waals surface area contributed by atoms with E-state index in [1.165, 1.54) is 0 Å². The summed E-state index contributed by atoms with van der Waals surface area (Å²) >= 11 is 0. The molecule has 0 amide bonds. The number of methoxy groups -OCH3 is 4. The van der Waals surface area contributed by atoms with Gasteiger partial charge in [-0.05, 0) is 29.8 Å². The Labute approximate surface area is 180 Å². The fourth-order valence-corrected chi connectivity index (χ4v) is 4.93. The Morgan fingerprint density at radius 3 is 2.29 bits per heavy atom. The van der Waals surface area contributed by atoms with Crippen molar-refractivity contribution in [2.75, 3.05) is 48.4 Å². The maximum atomic E-state index is 6.35. The lowest BCUT2D eigenvalue weighted by Crippen LogP contribution is -2.36. The maximum Gasteiger partial charge on any atom is 0.231 e. The molecule has 0 spiro atoms. The Kier molecular flexibility index (Phi) is 5.08. The number of hydrogen-bond donors (Lipinski definition) is 0. The van der Waals surface area contributed by atoms with E-state index >= 15 is 0 Å². The molecule has 31 heavy (non-hydrogen) atoms. The Morgan fingerprint density at radius 2 is 1.61 bits per heavy atom. The number of ether oxygens (including phenoxy) is 8. The zero-order valence-electron chi connectivity index (χ0n) is 18.0. The van der Waals surface area contributed by atoms with E-state index in [9.17, 15) is 0 Å². The topological polar surface area (TPSA) is 73.8 Å². The van der Waals surface area contributed by atoms with E-state index in [2.05, 4.69) is 0 Å². The summed E-state index contributed by atoms with van der Waals surface area (Å²) in [4.78, 5) is 0. The average molecular weight is 430 g/mol. The lowest BCUT2D eigenvalue weighted by atomic mass is 9.82. The molecule has 8 nitrogen and oxygen atoms in total. The van der Waals surface area contributed by atoms with Gasteiger partial charge in [0.25, 0.3) is 0 Å². The molecule has 0 N–H and O–H groups in total. The standard InChI is InChI=1S/C23H26O8/c1-24-19-8-14(9-20(25-2)22(19)26-3)23(27-4)16-11-28-21(15(16)10-31-23)13-5-6-17-18(7-13)30-12-29-17/h5-9,15-16,21H,10-12H2,1-4H3/t15-,16-,21-,23-/m0/s1. The van der Waals surface area contributed by atoms with Crippen LogP contribution in [0.1, 0.15) is 17.2 Å². The highest BCUT2D eigenvalue weighted by molar-refractivity contribution is 5.55. The van der Waals surface area contributed by atoms with Crippen LogP contribution in [0.15, 0.2) is 30.3 Å². The zero-order valence-corrected chi connectivity index (χ0v) is 18.0. The molecule has 4 atom stereocenters. The normalized spacial score (nSPS) is 28.5. The second-order valence-corrected chi connectivity index (χ2v) is 7.73. The molecule has 2 aromatic carbocycles. The molecule has 2 aromatic rings. The minimum absolute atomic E-state index is 0.0178. The van der Waals surface area contributed by atoms with E-state index in [4.69, 9.17) is 37.9 Å². The Balaban J connectivity index is 1.50. The molecule has 0 bridgehead atoms. The van der Waals surface area contributed by atoms with Crippen molar-refractivity contribution in [3.63, 3.8) is 0 Å². The van der Waals surface area contributed by atoms with Gasteiger partial charge >= 0.3 is 0 Å². The van der Waals surface area contributed by atoms with Gasteiger partial charge in [0.2, 0.25) is 12.5 Å². The van der Waals surface area contributed by atoms with Gasteiger partial charge in [-0.1, -0.05) is 6.07 Å². The molecule has 0 radical (unpaired) electrons. The molecule has 8 heteroatoms. The summed E-state index contributed by atoms with van der Waals surface area (Å²) in [5.74, 6) is 2.22. The summed E-state index contributed by atoms with van der Waals surface area (Å²) in [5, 5.41) is 0. The minimum atomic E-state index is -0.984. The molecular weight excluding hydrogens is 404 g/mol. The van der Waals surface area contributed by atoms with Gasteiger partial charge in [0.1, 0.15) is 0 Å². The predicted octanol–water partition coefficient (Wildman–Crippen LogP) is 3.27. The van der Waals surface area contributed by atoms with Crippen molar-refractivity contribution < 1.29 is 37.9 Å². The summed E-state index contributed by atoms with van der Waals surface area (Å²) in [5.41, 5.74) is 1.84. The average Bonchev–Trinajstić information content (AvgIpc) is 3.53. The number of rotatable bonds is 6. The van der Waals surface area contributed by atoms with Crippen LogP contribution in [-0.2, 0) is 20.0 Å². The molecule has 5 rings (SSSR count). The van der Waals surface area contributed by atoms with Crippen molar-refractivity contribution in [1.29, 1.82) is 0 Å². The summed E-state index contributed by atoms with van der Waals surface area (Å²) in [7, 11) is 6.41. The van der Waals surface area contributed by atoms with Crippen LogP contribution in [0.4, 0.5) is 0 Å². The summed E-state index contributed by atoms with van der Waals surface area (Å²) in [6.07, 6.45) is -0.126. The fourth-order valence-electron chi connectivity index (χ4n) is 4.93. The van der Waals surface area contributed by atoms with Crippen LogP contribution in [0.5, 0.6) is 28.7 Å². The van der Waals surface area contributed by atoms with Crippen LogP contribution in [0, 0.1) is 11.8 Å². The number of benzene rings is 2. The second-order valence-electron chi connectivity index (χ2n) is 7.73. The molecule has 2 saturated heterocycles. The van der Waals surface area contributed by atoms with Crippen LogP contribution in [0.2, 0.25) is 0 Å². The van der Waals surface area contributed by atoms with Gasteiger partial charge < -0.3 is 37.9 Å². The Bertz CT molecular complexity index is 951. The van der Waals surface area contributed by atoms with Crippen LogP contribution >= 0.6 is 0 Å². The van der Waals surface area contributed by atoms with E-state index in [0.29, 0.717) is 30.5 Å². The van der Waals surface area contributed by atoms with Crippen molar-refractivity contribution >= 4 is 0 Å². The highest BCUT2D eigenvalue weighted by atomic mass is 16.7. The Morgan fingerprint density at radius 1 is 0.871 bits per heavy atom. The van der Waals surface area contributed by atoms with Crippen LogP contribution < -0.4 is 23.7 Å². The fraction of sp³-hybridized carbons (Fsp3) is 0.478. The van der Waals surface area contributed by atoms with Gasteiger partial charge in [0, 0.05) is 24.5 Å². The quantitative estimate of drug-likeness (QED) is 0.691. The van der Waals surface area contributed by atoms with E-state index < -0.39 is 5.79 Å². The van der Waals surface area contributed by atoms with Crippen molar-refractivity contribution in [2.45, 2.75) is 11.9 Å². The van der Waals surface area contributed by atoms with Gasteiger partial charge in [-0.15, -0.1) is 0 Å². The largest absolute Gasteiger partial charge is 0.493 e. The van der Waals surface area contributed by atoms with E-state index in [0.717, 1.165) is 22.6 Å². The van der Waals surface area contributed by atoms with Crippen LogP contribution in [0.25, 0.3) is 0 Å². The van der Waals surface area contributed by atoms with E-state index in [1.54, 1.807) is 28.4 Å². The lowest BCUT2D eigenvalue weighted by Gasteiger charge is -2.33. The number of hydrogen-bond acceptors (Lipinski definition) is 8. The van der Waals surface area contributed by atoms with Crippen molar-refractivity contribution in [2.24, 2.45) is 11.8 Å². The first-order valence-corrected chi connectivity index (χ1v) is 10.2. The summed E-state index contributed by atoms with van der Waals surface area (Å²) < 4.78 is 46.2. The van der Waals surface area contributed by atoms with E-state index in [1.807, 2.05) is 30.3 Å². The SMILES string of the molecule is COc1cc([C@]2(OC)OC[C@@H]3[C@H](c4ccc5c(c4)OCO5)OC[C@@H]32)cc(OC)c1OC. The highest BCUT2D eigenvalue weighted by Gasteiger charge is 2.58. The van der Waals surface area contributed by atoms with Crippen LogP contribution in [0.3, 0.4) is 0 Å². The van der Waals surface area contributed by atoms with Gasteiger partial charge in [-0.25, -0.2) is 0 Å². The third kappa shape index (κ3) is 3.01. The molecule has 2 fully saturated rings. The monoisotopic (exact) mass is 430 g/mol. The summed E-state index contributed by atoms with van der Waals surface area (Å²) in [6.45, 7) is 1.23. The second kappa shape index (κ2) is 7.78. The van der Waals surface area contributed by atoms with E-state index in [-0.39, 0.29) is 24.7 Å². The Hall–Kier alpha value is -2.68. The first kappa shape index (κ1) is 20.2. The van der Waals surface area contributed by atoms with Gasteiger partial charge in [-0.3, -0.25) is 0 Å². The first-order chi connectivity index (χ1) is 15.1. The maximum absolute atomic E-state index is 6.35. The van der Waals surface area contributed by atoms with Crippen molar-refractivity contribution in [1.82, 2.24) is 0 Å². The molecule has 3 aliphatic heterocycles. The first-order valence-electron chi connectivity index (χ1n) is 10.2. The zero-order chi connectivity index (χ0) is 21.6. The lowest BCUT2D eigenvalue weighted by molar-refractivity contribution is -0.230. The third-order valence-electron chi connectivity index (χ3n) is 6.43. The predicted molar refractivity (Wildman–Crippen MR) is 109 cm³/mol. The molecule has 0 aliphatic carbocycles. The third-order valence-corrected chi connectivity index (χ3v) is 6.43. The summed E-state index contributed by atoms with van der Waals surface area (Å²) in [6, 6.07) is 9.68. The van der Waals surface area contributed by atoms with Gasteiger partial charge in [0.15, 0.2) is 28.8 Å². The van der Waals surface area contributed by atoms with Crippen molar-refractivity contribution in [3.05, 3.63) is 41.5 Å². The minimum Gasteiger partial charge on any atom is -0.493 e. The smallest absolute Gasteiger partial charge is 0.231 e. The molecule has 3 aliphatic rings. The molecule has 0 unspecified atom stereocenters. The molecule has 166 valence electrons. The van der Waals surface area contributed by atoms with Crippen LogP contribution in [-0.4, -0.2) is 48.4 Å². The highest BCUT2D eigenvalue weighted by Crippen LogP contribution is 2.56. The van der Waals surface area contributed by atoms with Gasteiger partial charge in [-0.2, -0.15) is 0 Å². The number of fused-ring (bicyclic) bond motifs is 2. The molecular formula is C23H26O8. The van der Waals surface area contributed by atoms with Crippen molar-refractivity contribution in [3.8, 4) is 28.7 Å². The molecule has 0 saturated carbocycles. The molecule has 0 aromatic heterocycles. The molecule has 3 heterocycles.